The van der Waals surface area contributed by atoms with Gasteiger partial charge in [0.15, 0.2) is 0 Å². The van der Waals surface area contributed by atoms with Crippen LogP contribution in [0.1, 0.15) is 49.9 Å². The third-order valence-electron chi connectivity index (χ3n) is 6.72. The predicted molar refractivity (Wildman–Crippen MR) is 120 cm³/mol. The molecule has 2 fully saturated rings. The van der Waals surface area contributed by atoms with Gasteiger partial charge in [-0.25, -0.2) is 4.79 Å². The third kappa shape index (κ3) is 3.82. The summed E-state index contributed by atoms with van der Waals surface area (Å²) >= 11 is 0. The fourth-order valence-electron chi connectivity index (χ4n) is 5.28. The summed E-state index contributed by atoms with van der Waals surface area (Å²) in [5, 5.41) is 4.53. The van der Waals surface area contributed by atoms with Gasteiger partial charge < -0.3 is 14.7 Å². The third-order valence-corrected chi connectivity index (χ3v) is 6.72. The Balaban J connectivity index is 1.71. The molecule has 7 heteroatoms. The lowest BCUT2D eigenvalue weighted by Gasteiger charge is -2.42. The summed E-state index contributed by atoms with van der Waals surface area (Å²) in [6.07, 6.45) is 3.55. The zero-order valence-corrected chi connectivity index (χ0v) is 19.0. The van der Waals surface area contributed by atoms with Gasteiger partial charge in [0.25, 0.3) is 0 Å². The molecule has 166 valence electrons. The smallest absolute Gasteiger partial charge is 0.319 e. The molecule has 2 aliphatic heterocycles. The van der Waals surface area contributed by atoms with Crippen LogP contribution < -0.4 is 0 Å². The van der Waals surface area contributed by atoms with E-state index in [0.717, 1.165) is 30.6 Å². The van der Waals surface area contributed by atoms with Crippen molar-refractivity contribution in [1.82, 2.24) is 24.5 Å². The molecule has 3 amide bonds. The molecule has 2 saturated heterocycles. The Kier molecular flexibility index (Phi) is 5.77. The summed E-state index contributed by atoms with van der Waals surface area (Å²) in [4.78, 5) is 32.4. The maximum atomic E-state index is 14.0. The lowest BCUT2D eigenvalue weighted by Crippen LogP contribution is -2.52. The topological polar surface area (TPSA) is 61.7 Å². The first kappa shape index (κ1) is 21.4. The van der Waals surface area contributed by atoms with Crippen molar-refractivity contribution in [2.45, 2.75) is 45.2 Å². The maximum Gasteiger partial charge on any atom is 0.319 e. The number of benzene rings is 1. The molecule has 0 N–H and O–H groups in total. The number of nitrogens with zero attached hydrogens (tertiary/aromatic N) is 5. The van der Waals surface area contributed by atoms with E-state index in [2.05, 4.69) is 31.1 Å². The molecule has 1 aromatic heterocycles. The lowest BCUT2D eigenvalue weighted by atomic mass is 9.70. The molecule has 3 heterocycles. The van der Waals surface area contributed by atoms with Crippen molar-refractivity contribution in [1.29, 1.82) is 0 Å². The Labute approximate surface area is 184 Å². The zero-order chi connectivity index (χ0) is 22.2. The quantitative estimate of drug-likeness (QED) is 0.758. The molecule has 0 saturated carbocycles. The van der Waals surface area contributed by atoms with Gasteiger partial charge in [0.2, 0.25) is 5.91 Å². The lowest BCUT2D eigenvalue weighted by molar-refractivity contribution is -0.147. The van der Waals surface area contributed by atoms with E-state index in [4.69, 9.17) is 0 Å². The second-order valence-corrected chi connectivity index (χ2v) is 9.38. The molecular formula is C24H33N5O2. The van der Waals surface area contributed by atoms with Crippen LogP contribution in [0.2, 0.25) is 0 Å². The van der Waals surface area contributed by atoms with Gasteiger partial charge in [-0.2, -0.15) is 5.10 Å². The van der Waals surface area contributed by atoms with Crippen molar-refractivity contribution in [2.24, 2.45) is 5.41 Å². The second-order valence-electron chi connectivity index (χ2n) is 9.38. The highest BCUT2D eigenvalue weighted by Crippen LogP contribution is 2.50. The molecule has 0 unspecified atom stereocenters. The van der Waals surface area contributed by atoms with E-state index < -0.39 is 5.41 Å². The molecule has 0 bridgehead atoms. The first-order valence-electron chi connectivity index (χ1n) is 11.2. The number of aromatic nitrogens is 2. The van der Waals surface area contributed by atoms with Crippen LogP contribution in [0, 0.1) is 5.41 Å². The Morgan fingerprint density at radius 3 is 2.65 bits per heavy atom. The van der Waals surface area contributed by atoms with Crippen LogP contribution in [0.25, 0.3) is 0 Å². The van der Waals surface area contributed by atoms with Crippen molar-refractivity contribution in [2.75, 3.05) is 33.7 Å². The van der Waals surface area contributed by atoms with E-state index in [-0.39, 0.29) is 23.9 Å². The van der Waals surface area contributed by atoms with Gasteiger partial charge in [-0.3, -0.25) is 9.48 Å². The fraction of sp³-hybridized carbons (Fsp3) is 0.542. The van der Waals surface area contributed by atoms with Gasteiger partial charge in [0.1, 0.15) is 0 Å². The molecule has 4 rings (SSSR count). The summed E-state index contributed by atoms with van der Waals surface area (Å²) in [5.41, 5.74) is 1.58. The summed E-state index contributed by atoms with van der Waals surface area (Å²) < 4.78 is 2.01. The standard InChI is InChI=1S/C24H33N5O2/c1-18(2)29-21(11-13-25-29)20-16-28(23(31)26(3)4)17-24(20)12-8-14-27(22(24)30)15-19-9-6-5-7-10-19/h5-7,9-11,13,18,20H,8,12,14-17H2,1-4H3/t20-,24+/m0/s1. The van der Waals surface area contributed by atoms with Crippen LogP contribution in [0.3, 0.4) is 0 Å². The van der Waals surface area contributed by atoms with Gasteiger partial charge in [-0.15, -0.1) is 0 Å². The second kappa shape index (κ2) is 8.36. The number of carbonyl (C=O) groups is 2. The monoisotopic (exact) mass is 423 g/mol. The number of piperidine rings is 1. The van der Waals surface area contributed by atoms with Gasteiger partial charge >= 0.3 is 6.03 Å². The minimum Gasteiger partial charge on any atom is -0.338 e. The van der Waals surface area contributed by atoms with E-state index in [1.807, 2.05) is 44.9 Å². The highest BCUT2D eigenvalue weighted by atomic mass is 16.2. The summed E-state index contributed by atoms with van der Waals surface area (Å²) in [7, 11) is 3.54. The van der Waals surface area contributed by atoms with E-state index in [1.54, 1.807) is 19.0 Å². The van der Waals surface area contributed by atoms with E-state index in [1.165, 1.54) is 0 Å². The van der Waals surface area contributed by atoms with Crippen molar-refractivity contribution in [3.05, 3.63) is 53.9 Å². The summed E-state index contributed by atoms with van der Waals surface area (Å²) in [5.74, 6) is 0.102. The number of rotatable bonds is 4. The van der Waals surface area contributed by atoms with Crippen LogP contribution in [0.15, 0.2) is 42.6 Å². The fourth-order valence-corrected chi connectivity index (χ4v) is 5.28. The molecule has 0 radical (unpaired) electrons. The van der Waals surface area contributed by atoms with Crippen LogP contribution in [0.4, 0.5) is 4.79 Å². The van der Waals surface area contributed by atoms with Crippen LogP contribution >= 0.6 is 0 Å². The maximum absolute atomic E-state index is 14.0. The Morgan fingerprint density at radius 2 is 1.97 bits per heavy atom. The van der Waals surface area contributed by atoms with Crippen molar-refractivity contribution in [3.8, 4) is 0 Å². The molecule has 2 aromatic rings. The number of amides is 3. The summed E-state index contributed by atoms with van der Waals surface area (Å²) in [6.45, 7) is 6.57. The minimum atomic E-state index is -0.606. The van der Waals surface area contributed by atoms with Crippen LogP contribution in [-0.2, 0) is 11.3 Å². The average Bonchev–Trinajstić information content (AvgIpc) is 3.37. The molecule has 2 atom stereocenters. The van der Waals surface area contributed by atoms with Gasteiger partial charge in [-0.05, 0) is 38.3 Å². The van der Waals surface area contributed by atoms with Gasteiger partial charge in [0.05, 0.1) is 5.41 Å². The van der Waals surface area contributed by atoms with Crippen molar-refractivity contribution >= 4 is 11.9 Å². The molecule has 1 aromatic carbocycles. The Hall–Kier alpha value is -2.83. The van der Waals surface area contributed by atoms with E-state index >= 15 is 0 Å². The molecular weight excluding hydrogens is 390 g/mol. The Morgan fingerprint density at radius 1 is 1.23 bits per heavy atom. The van der Waals surface area contributed by atoms with Crippen molar-refractivity contribution < 1.29 is 9.59 Å². The van der Waals surface area contributed by atoms with Crippen LogP contribution in [-0.4, -0.2) is 70.1 Å². The predicted octanol–water partition coefficient (Wildman–Crippen LogP) is 3.35. The number of likely N-dealkylation sites (tertiary alicyclic amines) is 2. The summed E-state index contributed by atoms with van der Waals surface area (Å²) in [6, 6.07) is 12.3. The number of carbonyl (C=O) groups excluding carboxylic acids is 2. The Bertz CT molecular complexity index is 938. The number of hydrogen-bond acceptors (Lipinski definition) is 3. The highest BCUT2D eigenvalue weighted by molar-refractivity contribution is 5.87. The molecule has 7 nitrogen and oxygen atoms in total. The number of hydrogen-bond donors (Lipinski definition) is 0. The minimum absolute atomic E-state index is 0.0366. The average molecular weight is 424 g/mol. The first-order chi connectivity index (χ1) is 14.8. The van der Waals surface area contributed by atoms with Gasteiger partial charge in [0, 0.05) is 64.1 Å². The largest absolute Gasteiger partial charge is 0.338 e. The highest BCUT2D eigenvalue weighted by Gasteiger charge is 2.57. The van der Waals surface area contributed by atoms with E-state index in [0.29, 0.717) is 19.6 Å². The number of urea groups is 1. The molecule has 0 aliphatic carbocycles. The molecule has 1 spiro atoms. The van der Waals surface area contributed by atoms with Crippen LogP contribution in [0.5, 0.6) is 0 Å². The molecule has 2 aliphatic rings. The van der Waals surface area contributed by atoms with Gasteiger partial charge in [-0.1, -0.05) is 30.3 Å². The van der Waals surface area contributed by atoms with E-state index in [9.17, 15) is 9.59 Å². The molecule has 31 heavy (non-hydrogen) atoms. The van der Waals surface area contributed by atoms with Crippen molar-refractivity contribution in [3.63, 3.8) is 0 Å². The zero-order valence-electron chi connectivity index (χ0n) is 19.0. The first-order valence-corrected chi connectivity index (χ1v) is 11.2. The normalized spacial score (nSPS) is 23.8. The SMILES string of the molecule is CC(C)n1nccc1[C@@H]1CN(C(=O)N(C)C)C[C@]12CCCN(Cc1ccccc1)C2=O.